The second-order valence-corrected chi connectivity index (χ2v) is 4.48. The van der Waals surface area contributed by atoms with E-state index < -0.39 is 0 Å². The minimum atomic E-state index is -0.275. The number of nitrogens with one attached hydrogen (secondary N) is 1. The van der Waals surface area contributed by atoms with Crippen molar-refractivity contribution in [3.63, 3.8) is 0 Å². The average molecular weight is 287 g/mol. The molecule has 1 heterocycles. The van der Waals surface area contributed by atoms with E-state index in [0.717, 1.165) is 0 Å². The fourth-order valence-corrected chi connectivity index (χ4v) is 1.91. The number of aromatic nitrogens is 1. The van der Waals surface area contributed by atoms with Crippen LogP contribution in [0.25, 0.3) is 0 Å². The van der Waals surface area contributed by atoms with Crippen molar-refractivity contribution in [2.24, 2.45) is 0 Å². The molecule has 2 aromatic rings. The molecule has 0 aliphatic heterocycles. The second kappa shape index (κ2) is 6.13. The molecule has 0 atom stereocenters. The van der Waals surface area contributed by atoms with Gasteiger partial charge in [-0.2, -0.15) is 0 Å². The summed E-state index contributed by atoms with van der Waals surface area (Å²) >= 11 is 0. The standard InChI is InChI=1S/C15H17N3O3/c1-9-4-10(5-14(16)17-9)15(19)18-11-6-12(20-2)8-13(7-11)21-3/h4-8H,1-3H3,(H2,16,17)(H,18,19). The number of rotatable bonds is 4. The maximum absolute atomic E-state index is 12.2. The summed E-state index contributed by atoms with van der Waals surface area (Å²) in [5.41, 5.74) is 7.35. The van der Waals surface area contributed by atoms with Gasteiger partial charge in [0.2, 0.25) is 0 Å². The molecule has 0 aliphatic carbocycles. The topological polar surface area (TPSA) is 86.5 Å². The third-order valence-electron chi connectivity index (χ3n) is 2.84. The summed E-state index contributed by atoms with van der Waals surface area (Å²) in [4.78, 5) is 16.3. The number of carbonyl (C=O) groups is 1. The van der Waals surface area contributed by atoms with Gasteiger partial charge in [-0.05, 0) is 19.1 Å². The number of pyridine rings is 1. The second-order valence-electron chi connectivity index (χ2n) is 4.48. The Morgan fingerprint density at radius 2 is 1.71 bits per heavy atom. The van der Waals surface area contributed by atoms with E-state index in [1.54, 1.807) is 45.4 Å². The highest BCUT2D eigenvalue weighted by atomic mass is 16.5. The Balaban J connectivity index is 2.26. The van der Waals surface area contributed by atoms with Crippen LogP contribution in [-0.4, -0.2) is 25.1 Å². The summed E-state index contributed by atoms with van der Waals surface area (Å²) in [6.45, 7) is 1.78. The fraction of sp³-hybridized carbons (Fsp3) is 0.200. The van der Waals surface area contributed by atoms with Crippen molar-refractivity contribution < 1.29 is 14.3 Å². The van der Waals surface area contributed by atoms with Crippen molar-refractivity contribution in [2.45, 2.75) is 6.92 Å². The zero-order valence-electron chi connectivity index (χ0n) is 12.1. The first-order valence-corrected chi connectivity index (χ1v) is 6.30. The molecule has 0 saturated carbocycles. The van der Waals surface area contributed by atoms with E-state index >= 15 is 0 Å². The van der Waals surface area contributed by atoms with E-state index in [2.05, 4.69) is 10.3 Å². The summed E-state index contributed by atoms with van der Waals surface area (Å²) in [5, 5.41) is 2.78. The number of benzene rings is 1. The molecule has 0 saturated heterocycles. The van der Waals surface area contributed by atoms with Crippen LogP contribution in [0.3, 0.4) is 0 Å². The Hall–Kier alpha value is -2.76. The summed E-state index contributed by atoms with van der Waals surface area (Å²) in [7, 11) is 3.10. The maximum atomic E-state index is 12.2. The zero-order valence-corrected chi connectivity index (χ0v) is 12.1. The minimum Gasteiger partial charge on any atom is -0.497 e. The van der Waals surface area contributed by atoms with Crippen LogP contribution in [0.4, 0.5) is 11.5 Å². The third-order valence-corrected chi connectivity index (χ3v) is 2.84. The van der Waals surface area contributed by atoms with E-state index in [1.807, 2.05) is 0 Å². The molecule has 110 valence electrons. The number of hydrogen-bond donors (Lipinski definition) is 2. The van der Waals surface area contributed by atoms with E-state index in [0.29, 0.717) is 34.3 Å². The molecular formula is C15H17N3O3. The van der Waals surface area contributed by atoms with Gasteiger partial charge in [0, 0.05) is 35.1 Å². The minimum absolute atomic E-state index is 0.275. The van der Waals surface area contributed by atoms with Gasteiger partial charge < -0.3 is 20.5 Å². The predicted molar refractivity (Wildman–Crippen MR) is 80.9 cm³/mol. The Kier molecular flexibility index (Phi) is 4.27. The highest BCUT2D eigenvalue weighted by Gasteiger charge is 2.10. The van der Waals surface area contributed by atoms with Crippen molar-refractivity contribution >= 4 is 17.4 Å². The first kappa shape index (κ1) is 14.6. The number of nitrogens with two attached hydrogens (primary N) is 1. The van der Waals surface area contributed by atoms with Crippen molar-refractivity contribution in [1.82, 2.24) is 4.98 Å². The van der Waals surface area contributed by atoms with Gasteiger partial charge >= 0.3 is 0 Å². The molecule has 2 rings (SSSR count). The van der Waals surface area contributed by atoms with Gasteiger partial charge in [-0.3, -0.25) is 4.79 Å². The normalized spacial score (nSPS) is 10.0. The number of anilines is 2. The summed E-state index contributed by atoms with van der Waals surface area (Å²) in [5.74, 6) is 1.22. The largest absolute Gasteiger partial charge is 0.497 e. The molecular weight excluding hydrogens is 270 g/mol. The summed E-state index contributed by atoms with van der Waals surface area (Å²) in [6.07, 6.45) is 0. The number of carbonyl (C=O) groups excluding carboxylic acids is 1. The first-order chi connectivity index (χ1) is 10.0. The van der Waals surface area contributed by atoms with Crippen LogP contribution < -0.4 is 20.5 Å². The van der Waals surface area contributed by atoms with Gasteiger partial charge in [-0.15, -0.1) is 0 Å². The number of nitrogens with zero attached hydrogens (tertiary/aromatic N) is 1. The van der Waals surface area contributed by atoms with Gasteiger partial charge in [0.15, 0.2) is 0 Å². The number of hydrogen-bond acceptors (Lipinski definition) is 5. The molecule has 0 spiro atoms. The Labute approximate surface area is 122 Å². The lowest BCUT2D eigenvalue weighted by atomic mass is 10.2. The van der Waals surface area contributed by atoms with Crippen molar-refractivity contribution in [3.05, 3.63) is 41.6 Å². The number of amides is 1. The Bertz CT molecular complexity index is 629. The lowest BCUT2D eigenvalue weighted by Crippen LogP contribution is -2.13. The maximum Gasteiger partial charge on any atom is 0.255 e. The molecule has 0 aliphatic rings. The molecule has 1 aromatic heterocycles. The van der Waals surface area contributed by atoms with Crippen LogP contribution >= 0.6 is 0 Å². The van der Waals surface area contributed by atoms with Gasteiger partial charge in [0.1, 0.15) is 17.3 Å². The van der Waals surface area contributed by atoms with Crippen molar-refractivity contribution in [2.75, 3.05) is 25.3 Å². The quantitative estimate of drug-likeness (QED) is 0.900. The van der Waals surface area contributed by atoms with Gasteiger partial charge in [-0.1, -0.05) is 0 Å². The van der Waals surface area contributed by atoms with E-state index in [9.17, 15) is 4.79 Å². The Morgan fingerprint density at radius 1 is 1.10 bits per heavy atom. The molecule has 6 nitrogen and oxygen atoms in total. The predicted octanol–water partition coefficient (Wildman–Crippen LogP) is 2.24. The molecule has 0 fully saturated rings. The number of ether oxygens (including phenoxy) is 2. The monoisotopic (exact) mass is 287 g/mol. The van der Waals surface area contributed by atoms with Crippen LogP contribution in [0, 0.1) is 6.92 Å². The molecule has 0 bridgehead atoms. The number of aryl methyl sites for hydroxylation is 1. The highest BCUT2D eigenvalue weighted by molar-refractivity contribution is 6.04. The summed E-state index contributed by atoms with van der Waals surface area (Å²) < 4.78 is 10.3. The first-order valence-electron chi connectivity index (χ1n) is 6.30. The molecule has 21 heavy (non-hydrogen) atoms. The highest BCUT2D eigenvalue weighted by Crippen LogP contribution is 2.26. The number of nitrogen functional groups attached to an aromatic ring is 1. The van der Waals surface area contributed by atoms with Crippen LogP contribution in [-0.2, 0) is 0 Å². The molecule has 1 aromatic carbocycles. The van der Waals surface area contributed by atoms with Gasteiger partial charge in [0.05, 0.1) is 14.2 Å². The molecule has 0 unspecified atom stereocenters. The van der Waals surface area contributed by atoms with Crippen LogP contribution in [0.2, 0.25) is 0 Å². The lowest BCUT2D eigenvalue weighted by Gasteiger charge is -2.10. The zero-order chi connectivity index (χ0) is 15.4. The van der Waals surface area contributed by atoms with Crippen molar-refractivity contribution in [3.8, 4) is 11.5 Å². The van der Waals surface area contributed by atoms with Crippen LogP contribution in [0.1, 0.15) is 16.1 Å². The molecule has 1 amide bonds. The average Bonchev–Trinajstić information content (AvgIpc) is 2.45. The lowest BCUT2D eigenvalue weighted by molar-refractivity contribution is 0.102. The van der Waals surface area contributed by atoms with Gasteiger partial charge in [-0.25, -0.2) is 4.98 Å². The molecule has 6 heteroatoms. The number of methoxy groups -OCH3 is 2. The fourth-order valence-electron chi connectivity index (χ4n) is 1.91. The molecule has 3 N–H and O–H groups in total. The van der Waals surface area contributed by atoms with E-state index in [-0.39, 0.29) is 5.91 Å². The van der Waals surface area contributed by atoms with Crippen LogP contribution in [0.15, 0.2) is 30.3 Å². The Morgan fingerprint density at radius 3 is 2.24 bits per heavy atom. The molecule has 0 radical (unpaired) electrons. The van der Waals surface area contributed by atoms with Crippen LogP contribution in [0.5, 0.6) is 11.5 Å². The van der Waals surface area contributed by atoms with E-state index in [4.69, 9.17) is 15.2 Å². The third kappa shape index (κ3) is 3.62. The smallest absolute Gasteiger partial charge is 0.255 e. The van der Waals surface area contributed by atoms with Crippen molar-refractivity contribution in [1.29, 1.82) is 0 Å². The SMILES string of the molecule is COc1cc(NC(=O)c2cc(C)nc(N)c2)cc(OC)c1. The van der Waals surface area contributed by atoms with Gasteiger partial charge in [0.25, 0.3) is 5.91 Å². The van der Waals surface area contributed by atoms with E-state index in [1.165, 1.54) is 6.07 Å². The summed E-state index contributed by atoms with van der Waals surface area (Å²) in [6, 6.07) is 8.34.